The molecule has 0 radical (unpaired) electrons. The number of nitrogens with one attached hydrogen (secondary N) is 2. The van der Waals surface area contributed by atoms with Crippen molar-refractivity contribution in [1.29, 1.82) is 0 Å². The van der Waals surface area contributed by atoms with Gasteiger partial charge in [0.15, 0.2) is 0 Å². The van der Waals surface area contributed by atoms with E-state index in [1.807, 2.05) is 12.1 Å². The maximum atomic E-state index is 6.46. The third kappa shape index (κ3) is 6.25. The van der Waals surface area contributed by atoms with Crippen LogP contribution in [0, 0.1) is 0 Å². The summed E-state index contributed by atoms with van der Waals surface area (Å²) in [5.74, 6) is 0.898. The average Bonchev–Trinajstić information content (AvgIpc) is 2.68. The molecule has 0 fully saturated rings. The molecule has 144 valence electrons. The first-order chi connectivity index (χ1) is 12.8. The van der Waals surface area contributed by atoms with Crippen molar-refractivity contribution in [1.82, 2.24) is 10.6 Å². The summed E-state index contributed by atoms with van der Waals surface area (Å²) in [6, 6.07) is 12.4. The number of ether oxygens (including phenoxy) is 1. The molecule has 1 unspecified atom stereocenters. The van der Waals surface area contributed by atoms with Gasteiger partial charge in [-0.3, -0.25) is 0 Å². The number of hydrogen-bond acceptors (Lipinski definition) is 5. The average molecular weight is 359 g/mol. The minimum absolute atomic E-state index is 0.0243. The highest BCUT2D eigenvalue weighted by molar-refractivity contribution is 5.91. The van der Waals surface area contributed by atoms with E-state index >= 15 is 0 Å². The molecule has 0 bridgehead atoms. The Balaban J connectivity index is 1.72. The highest BCUT2D eigenvalue weighted by Gasteiger charge is 2.12. The lowest BCUT2D eigenvalue weighted by Crippen LogP contribution is -2.23. The monoisotopic (exact) mass is 358 g/mol. The van der Waals surface area contributed by atoms with Gasteiger partial charge in [-0.15, -0.1) is 0 Å². The molecular weight excluding hydrogens is 324 g/mol. The first kappa shape index (κ1) is 20.6. The maximum absolute atomic E-state index is 6.46. The summed E-state index contributed by atoms with van der Waals surface area (Å²) >= 11 is 0. The fourth-order valence-electron chi connectivity index (χ4n) is 3.19. The fourth-order valence-corrected chi connectivity index (χ4v) is 3.19. The van der Waals surface area contributed by atoms with Crippen LogP contribution in [0.25, 0.3) is 10.8 Å². The van der Waals surface area contributed by atoms with Crippen LogP contribution < -0.4 is 26.8 Å². The topological polar surface area (TPSA) is 85.3 Å². The number of hydrogen-bond donors (Lipinski definition) is 4. The van der Waals surface area contributed by atoms with Gasteiger partial charge < -0.3 is 26.8 Å². The van der Waals surface area contributed by atoms with E-state index in [9.17, 15) is 0 Å². The Labute approximate surface area is 157 Å². The molecule has 5 nitrogen and oxygen atoms in total. The minimum atomic E-state index is 0.0243. The summed E-state index contributed by atoms with van der Waals surface area (Å²) in [6.07, 6.45) is 4.34. The molecule has 26 heavy (non-hydrogen) atoms. The Morgan fingerprint density at radius 2 is 1.54 bits per heavy atom. The molecule has 0 aliphatic heterocycles. The molecular formula is C21H34N4O. The van der Waals surface area contributed by atoms with Gasteiger partial charge in [-0.25, -0.2) is 0 Å². The molecule has 0 aliphatic rings. The van der Waals surface area contributed by atoms with E-state index in [2.05, 4.69) is 34.9 Å². The lowest BCUT2D eigenvalue weighted by atomic mass is 9.96. The Morgan fingerprint density at radius 3 is 2.23 bits per heavy atom. The van der Waals surface area contributed by atoms with Gasteiger partial charge in [0.05, 0.1) is 7.11 Å². The van der Waals surface area contributed by atoms with Gasteiger partial charge in [0.2, 0.25) is 0 Å². The summed E-state index contributed by atoms with van der Waals surface area (Å²) in [4.78, 5) is 0. The standard InChI is InChI=1S/C21H34N4O/c1-26-21-10-9-18(17-7-2-3-8-19(17)21)20(23)11-16-25-14-5-4-13-24-15-6-12-22/h2-3,7-10,20,24-25H,4-6,11-16,22-23H2,1H3. The quantitative estimate of drug-likeness (QED) is 0.414. The van der Waals surface area contributed by atoms with Crippen molar-refractivity contribution in [3.05, 3.63) is 42.0 Å². The van der Waals surface area contributed by atoms with Crippen molar-refractivity contribution in [2.45, 2.75) is 31.7 Å². The first-order valence-corrected chi connectivity index (χ1v) is 9.70. The van der Waals surface area contributed by atoms with Gasteiger partial charge in [0.25, 0.3) is 0 Å². The second kappa shape index (κ2) is 11.9. The fraction of sp³-hybridized carbons (Fsp3) is 0.524. The van der Waals surface area contributed by atoms with Crippen molar-refractivity contribution in [2.24, 2.45) is 11.5 Å². The number of nitrogens with two attached hydrogens (primary N) is 2. The van der Waals surface area contributed by atoms with Crippen molar-refractivity contribution >= 4 is 10.8 Å². The summed E-state index contributed by atoms with van der Waals surface area (Å²) in [7, 11) is 1.71. The Morgan fingerprint density at radius 1 is 0.885 bits per heavy atom. The number of unbranched alkanes of at least 4 members (excludes halogenated alkanes) is 1. The SMILES string of the molecule is COc1ccc(C(N)CCNCCCCNCCCN)c2ccccc12. The van der Waals surface area contributed by atoms with E-state index in [0.717, 1.165) is 56.7 Å². The first-order valence-electron chi connectivity index (χ1n) is 9.70. The lowest BCUT2D eigenvalue weighted by molar-refractivity contribution is 0.419. The molecule has 5 heteroatoms. The molecule has 0 saturated heterocycles. The van der Waals surface area contributed by atoms with Gasteiger partial charge in [-0.1, -0.05) is 30.3 Å². The molecule has 0 saturated carbocycles. The van der Waals surface area contributed by atoms with E-state index < -0.39 is 0 Å². The number of rotatable bonds is 13. The van der Waals surface area contributed by atoms with E-state index in [-0.39, 0.29) is 6.04 Å². The number of fused-ring (bicyclic) bond motifs is 1. The zero-order valence-corrected chi connectivity index (χ0v) is 16.0. The van der Waals surface area contributed by atoms with Crippen LogP contribution in [0.3, 0.4) is 0 Å². The summed E-state index contributed by atoms with van der Waals surface area (Å²) in [6.45, 7) is 4.82. The molecule has 0 amide bonds. The van der Waals surface area contributed by atoms with Crippen molar-refractivity contribution in [2.75, 3.05) is 39.8 Å². The van der Waals surface area contributed by atoms with E-state index in [4.69, 9.17) is 16.2 Å². The highest BCUT2D eigenvalue weighted by Crippen LogP contribution is 2.31. The molecule has 0 heterocycles. The van der Waals surface area contributed by atoms with Crippen LogP contribution in [0.5, 0.6) is 5.75 Å². The largest absolute Gasteiger partial charge is 0.496 e. The van der Waals surface area contributed by atoms with Crippen molar-refractivity contribution in [3.63, 3.8) is 0 Å². The molecule has 6 N–H and O–H groups in total. The Kier molecular flexibility index (Phi) is 9.42. The molecule has 0 aliphatic carbocycles. The van der Waals surface area contributed by atoms with E-state index in [1.165, 1.54) is 23.8 Å². The van der Waals surface area contributed by atoms with Crippen LogP contribution >= 0.6 is 0 Å². The van der Waals surface area contributed by atoms with Gasteiger partial charge in [-0.2, -0.15) is 0 Å². The van der Waals surface area contributed by atoms with E-state index in [1.54, 1.807) is 7.11 Å². The predicted molar refractivity (Wildman–Crippen MR) is 111 cm³/mol. The van der Waals surface area contributed by atoms with Crippen LogP contribution in [0.1, 0.15) is 37.3 Å². The van der Waals surface area contributed by atoms with Crippen LogP contribution in [0.4, 0.5) is 0 Å². The summed E-state index contributed by atoms with van der Waals surface area (Å²) in [5, 5.41) is 9.22. The van der Waals surface area contributed by atoms with Crippen molar-refractivity contribution < 1.29 is 4.74 Å². The summed E-state index contributed by atoms with van der Waals surface area (Å²) < 4.78 is 5.46. The predicted octanol–water partition coefficient (Wildman–Crippen LogP) is 2.55. The van der Waals surface area contributed by atoms with Gasteiger partial charge >= 0.3 is 0 Å². The summed E-state index contributed by atoms with van der Waals surface area (Å²) in [5.41, 5.74) is 13.1. The minimum Gasteiger partial charge on any atom is -0.496 e. The van der Waals surface area contributed by atoms with Gasteiger partial charge in [0.1, 0.15) is 5.75 Å². The smallest absolute Gasteiger partial charge is 0.126 e. The van der Waals surface area contributed by atoms with Crippen LogP contribution in [0.15, 0.2) is 36.4 Å². The maximum Gasteiger partial charge on any atom is 0.126 e. The molecule has 2 aromatic carbocycles. The van der Waals surface area contributed by atoms with Gasteiger partial charge in [0, 0.05) is 11.4 Å². The normalized spacial score (nSPS) is 12.4. The number of methoxy groups -OCH3 is 1. The molecule has 0 aromatic heterocycles. The lowest BCUT2D eigenvalue weighted by Gasteiger charge is -2.17. The van der Waals surface area contributed by atoms with Crippen LogP contribution in [0.2, 0.25) is 0 Å². The van der Waals surface area contributed by atoms with Crippen molar-refractivity contribution in [3.8, 4) is 5.75 Å². The highest BCUT2D eigenvalue weighted by atomic mass is 16.5. The van der Waals surface area contributed by atoms with E-state index in [0.29, 0.717) is 0 Å². The molecule has 2 rings (SSSR count). The Bertz CT molecular complexity index is 647. The zero-order chi connectivity index (χ0) is 18.6. The van der Waals surface area contributed by atoms with Crippen LogP contribution in [-0.4, -0.2) is 39.8 Å². The molecule has 1 atom stereocenters. The molecule has 0 spiro atoms. The second-order valence-electron chi connectivity index (χ2n) is 6.65. The third-order valence-electron chi connectivity index (χ3n) is 4.68. The third-order valence-corrected chi connectivity index (χ3v) is 4.68. The zero-order valence-electron chi connectivity index (χ0n) is 16.0. The number of benzene rings is 2. The van der Waals surface area contributed by atoms with Crippen LogP contribution in [-0.2, 0) is 0 Å². The second-order valence-corrected chi connectivity index (χ2v) is 6.65. The molecule has 2 aromatic rings. The Hall–Kier alpha value is -1.66. The van der Waals surface area contributed by atoms with Gasteiger partial charge in [-0.05, 0) is 75.4 Å².